The summed E-state index contributed by atoms with van der Waals surface area (Å²) in [6.45, 7) is 5.17. The number of thiophene rings is 1. The zero-order chi connectivity index (χ0) is 17.7. The smallest absolute Gasteiger partial charge is 0.412 e. The van der Waals surface area contributed by atoms with Crippen molar-refractivity contribution < 1.29 is 19.4 Å². The maximum absolute atomic E-state index is 12.2. The van der Waals surface area contributed by atoms with Gasteiger partial charge in [-0.1, -0.05) is 6.07 Å². The minimum atomic E-state index is -0.609. The Kier molecular flexibility index (Phi) is 5.53. The number of carbonyl (C=O) groups is 2. The van der Waals surface area contributed by atoms with Gasteiger partial charge in [0.15, 0.2) is 0 Å². The Morgan fingerprint density at radius 1 is 1.21 bits per heavy atom. The molecule has 2 aromatic heterocycles. The van der Waals surface area contributed by atoms with Crippen LogP contribution < -0.4 is 10.6 Å². The molecule has 0 radical (unpaired) electrons. The van der Waals surface area contributed by atoms with E-state index in [1.165, 1.54) is 23.6 Å². The number of aliphatic hydroxyl groups is 1. The standard InChI is InChI=1S/C16H19N3O4S/c1-16(2,3)23-15(22)19-13-9-24-8-12(13)18-14(21)11-5-4-10(7-20)6-17-11/h4-6,8-9,20H,7H2,1-3H3,(H,18,21)(H,19,22). The predicted molar refractivity (Wildman–Crippen MR) is 92.3 cm³/mol. The molecule has 7 nitrogen and oxygen atoms in total. The van der Waals surface area contributed by atoms with Crippen LogP contribution in [-0.4, -0.2) is 27.7 Å². The van der Waals surface area contributed by atoms with Crippen molar-refractivity contribution in [1.29, 1.82) is 0 Å². The molecule has 128 valence electrons. The maximum Gasteiger partial charge on any atom is 0.412 e. The fourth-order valence-corrected chi connectivity index (χ4v) is 2.45. The molecule has 2 amide bonds. The fraction of sp³-hybridized carbons (Fsp3) is 0.312. The summed E-state index contributed by atoms with van der Waals surface area (Å²) >= 11 is 1.33. The molecular formula is C16H19N3O4S. The van der Waals surface area contributed by atoms with E-state index in [9.17, 15) is 9.59 Å². The van der Waals surface area contributed by atoms with E-state index in [4.69, 9.17) is 9.84 Å². The van der Waals surface area contributed by atoms with Gasteiger partial charge in [0.2, 0.25) is 0 Å². The van der Waals surface area contributed by atoms with Crippen LogP contribution in [0.25, 0.3) is 0 Å². The lowest BCUT2D eigenvalue weighted by atomic mass is 10.2. The molecule has 3 N–H and O–H groups in total. The van der Waals surface area contributed by atoms with Gasteiger partial charge in [-0.25, -0.2) is 4.79 Å². The van der Waals surface area contributed by atoms with E-state index in [2.05, 4.69) is 15.6 Å². The van der Waals surface area contributed by atoms with Crippen LogP contribution >= 0.6 is 11.3 Å². The second-order valence-electron chi connectivity index (χ2n) is 5.99. The average molecular weight is 349 g/mol. The fourth-order valence-electron chi connectivity index (χ4n) is 1.74. The molecule has 0 atom stereocenters. The van der Waals surface area contributed by atoms with Crippen molar-refractivity contribution in [2.24, 2.45) is 0 Å². The summed E-state index contributed by atoms with van der Waals surface area (Å²) in [4.78, 5) is 28.0. The lowest BCUT2D eigenvalue weighted by Gasteiger charge is -2.19. The van der Waals surface area contributed by atoms with E-state index in [-0.39, 0.29) is 12.3 Å². The molecule has 8 heteroatoms. The second-order valence-corrected chi connectivity index (χ2v) is 6.73. The predicted octanol–water partition coefficient (Wildman–Crippen LogP) is 3.23. The quantitative estimate of drug-likeness (QED) is 0.787. The average Bonchev–Trinajstić information content (AvgIpc) is 2.92. The van der Waals surface area contributed by atoms with Gasteiger partial charge >= 0.3 is 6.09 Å². The molecule has 0 unspecified atom stereocenters. The number of rotatable bonds is 4. The van der Waals surface area contributed by atoms with E-state index >= 15 is 0 Å². The minimum absolute atomic E-state index is 0.136. The Morgan fingerprint density at radius 2 is 1.88 bits per heavy atom. The van der Waals surface area contributed by atoms with Crippen molar-refractivity contribution in [2.45, 2.75) is 33.0 Å². The number of hydrogen-bond donors (Lipinski definition) is 3. The van der Waals surface area contributed by atoms with Gasteiger partial charge in [-0.15, -0.1) is 11.3 Å². The van der Waals surface area contributed by atoms with Crippen LogP contribution in [0.15, 0.2) is 29.1 Å². The Morgan fingerprint density at radius 3 is 2.42 bits per heavy atom. The molecule has 0 aliphatic rings. The van der Waals surface area contributed by atoms with Crippen LogP contribution in [0.1, 0.15) is 36.8 Å². The number of hydrogen-bond acceptors (Lipinski definition) is 6. The molecular weight excluding hydrogens is 330 g/mol. The first kappa shape index (κ1) is 17.9. The van der Waals surface area contributed by atoms with Crippen molar-refractivity contribution >= 4 is 34.7 Å². The van der Waals surface area contributed by atoms with Crippen LogP contribution in [0.2, 0.25) is 0 Å². The Bertz CT molecular complexity index is 720. The van der Waals surface area contributed by atoms with Crippen molar-refractivity contribution in [3.05, 3.63) is 40.3 Å². The Labute approximate surface area is 143 Å². The summed E-state index contributed by atoms with van der Waals surface area (Å²) in [6, 6.07) is 3.14. The molecule has 0 spiro atoms. The number of carbonyl (C=O) groups excluding carboxylic acids is 2. The normalized spacial score (nSPS) is 11.0. The van der Waals surface area contributed by atoms with E-state index < -0.39 is 17.6 Å². The van der Waals surface area contributed by atoms with E-state index in [0.29, 0.717) is 16.9 Å². The third-order valence-electron chi connectivity index (χ3n) is 2.79. The van der Waals surface area contributed by atoms with Gasteiger partial charge < -0.3 is 15.2 Å². The summed E-state index contributed by atoms with van der Waals surface area (Å²) in [5.41, 5.74) is 1.14. The maximum atomic E-state index is 12.2. The molecule has 24 heavy (non-hydrogen) atoms. The SMILES string of the molecule is CC(C)(C)OC(=O)Nc1cscc1NC(=O)c1ccc(CO)cn1. The number of anilines is 2. The first-order valence-corrected chi connectivity index (χ1v) is 8.16. The Hall–Kier alpha value is -2.45. The molecule has 0 fully saturated rings. The summed E-state index contributed by atoms with van der Waals surface area (Å²) in [6.07, 6.45) is 0.837. The minimum Gasteiger partial charge on any atom is -0.444 e. The van der Waals surface area contributed by atoms with E-state index in [1.54, 1.807) is 37.6 Å². The van der Waals surface area contributed by atoms with Gasteiger partial charge in [0.05, 0.1) is 18.0 Å². The number of amides is 2. The highest BCUT2D eigenvalue weighted by Crippen LogP contribution is 2.27. The molecule has 2 aromatic rings. The van der Waals surface area contributed by atoms with Crippen LogP contribution in [-0.2, 0) is 11.3 Å². The molecule has 0 aliphatic carbocycles. The Balaban J connectivity index is 2.04. The third-order valence-corrected chi connectivity index (χ3v) is 3.53. The first-order chi connectivity index (χ1) is 11.3. The largest absolute Gasteiger partial charge is 0.444 e. The van der Waals surface area contributed by atoms with Crippen LogP contribution in [0.3, 0.4) is 0 Å². The highest BCUT2D eigenvalue weighted by molar-refractivity contribution is 7.09. The molecule has 0 saturated carbocycles. The van der Waals surface area contributed by atoms with Gasteiger partial charge in [0, 0.05) is 17.0 Å². The number of aromatic nitrogens is 1. The molecule has 2 rings (SSSR count). The topological polar surface area (TPSA) is 101 Å². The van der Waals surface area contributed by atoms with Crippen molar-refractivity contribution in [3.63, 3.8) is 0 Å². The van der Waals surface area contributed by atoms with Crippen molar-refractivity contribution in [3.8, 4) is 0 Å². The molecule has 0 aliphatic heterocycles. The molecule has 0 bridgehead atoms. The number of pyridine rings is 1. The summed E-state index contributed by atoms with van der Waals surface area (Å²) in [5, 5.41) is 17.7. The summed E-state index contributed by atoms with van der Waals surface area (Å²) < 4.78 is 5.19. The molecule has 0 aromatic carbocycles. The number of ether oxygens (including phenoxy) is 1. The zero-order valence-electron chi connectivity index (χ0n) is 13.6. The van der Waals surface area contributed by atoms with Crippen LogP contribution in [0, 0.1) is 0 Å². The summed E-state index contributed by atoms with van der Waals surface area (Å²) in [5.74, 6) is -0.412. The van der Waals surface area contributed by atoms with Crippen LogP contribution in [0.4, 0.5) is 16.2 Å². The van der Waals surface area contributed by atoms with Gasteiger partial charge in [0.25, 0.3) is 5.91 Å². The lowest BCUT2D eigenvalue weighted by Crippen LogP contribution is -2.27. The van der Waals surface area contributed by atoms with Gasteiger partial charge in [-0.05, 0) is 32.4 Å². The van der Waals surface area contributed by atoms with E-state index in [1.807, 2.05) is 0 Å². The highest BCUT2D eigenvalue weighted by atomic mass is 32.1. The number of nitrogens with one attached hydrogen (secondary N) is 2. The highest BCUT2D eigenvalue weighted by Gasteiger charge is 2.18. The third kappa shape index (κ3) is 5.04. The lowest BCUT2D eigenvalue weighted by molar-refractivity contribution is 0.0635. The zero-order valence-corrected chi connectivity index (χ0v) is 14.4. The molecule has 0 saturated heterocycles. The summed E-state index contributed by atoms with van der Waals surface area (Å²) in [7, 11) is 0. The van der Waals surface area contributed by atoms with Gasteiger partial charge in [-0.3, -0.25) is 15.1 Å². The van der Waals surface area contributed by atoms with E-state index in [0.717, 1.165) is 0 Å². The van der Waals surface area contributed by atoms with Crippen molar-refractivity contribution in [2.75, 3.05) is 10.6 Å². The number of aliphatic hydroxyl groups excluding tert-OH is 1. The van der Waals surface area contributed by atoms with Gasteiger partial charge in [-0.2, -0.15) is 0 Å². The second kappa shape index (κ2) is 7.41. The number of nitrogens with zero attached hydrogens (tertiary/aromatic N) is 1. The van der Waals surface area contributed by atoms with Gasteiger partial charge in [0.1, 0.15) is 11.3 Å². The monoisotopic (exact) mass is 349 g/mol. The van der Waals surface area contributed by atoms with Crippen molar-refractivity contribution in [1.82, 2.24) is 4.98 Å². The molecule has 2 heterocycles. The first-order valence-electron chi connectivity index (χ1n) is 7.22. The van der Waals surface area contributed by atoms with Crippen LogP contribution in [0.5, 0.6) is 0 Å².